The Morgan fingerprint density at radius 3 is 2.80 bits per heavy atom. The van der Waals surface area contributed by atoms with Gasteiger partial charge in [-0.1, -0.05) is 11.2 Å². The van der Waals surface area contributed by atoms with Crippen molar-refractivity contribution in [2.24, 2.45) is 0 Å². The summed E-state index contributed by atoms with van der Waals surface area (Å²) in [5.41, 5.74) is 0.736. The van der Waals surface area contributed by atoms with Crippen molar-refractivity contribution < 1.29 is 9.63 Å². The van der Waals surface area contributed by atoms with Crippen molar-refractivity contribution in [2.75, 3.05) is 26.2 Å². The van der Waals surface area contributed by atoms with Crippen LogP contribution in [0.4, 0.5) is 0 Å². The van der Waals surface area contributed by atoms with Crippen LogP contribution < -0.4 is 0 Å². The molecule has 7 nitrogen and oxygen atoms in total. The van der Waals surface area contributed by atoms with Crippen LogP contribution in [0, 0.1) is 0 Å². The second-order valence-corrected chi connectivity index (χ2v) is 7.03. The lowest BCUT2D eigenvalue weighted by atomic mass is 9.99. The number of hydrogen-bond acceptors (Lipinski definition) is 7. The fourth-order valence-corrected chi connectivity index (χ4v) is 3.87. The number of β-amino-alcohol motifs (C(OH)–C–C–N with tert-alkyl or cyclic N) is 1. The van der Waals surface area contributed by atoms with Crippen LogP contribution in [0.3, 0.4) is 0 Å². The van der Waals surface area contributed by atoms with Gasteiger partial charge in [0.25, 0.3) is 0 Å². The highest BCUT2D eigenvalue weighted by Gasteiger charge is 2.28. The fourth-order valence-electron chi connectivity index (χ4n) is 3.87. The molecule has 0 saturated carbocycles. The first kappa shape index (κ1) is 16.6. The van der Waals surface area contributed by atoms with Gasteiger partial charge in [0.15, 0.2) is 0 Å². The van der Waals surface area contributed by atoms with Crippen LogP contribution in [0.2, 0.25) is 0 Å². The number of aromatic nitrogens is 3. The summed E-state index contributed by atoms with van der Waals surface area (Å²) < 4.78 is 5.39. The maximum Gasteiger partial charge on any atom is 0.241 e. The third-order valence-corrected chi connectivity index (χ3v) is 5.22. The van der Waals surface area contributed by atoms with Gasteiger partial charge in [-0.3, -0.25) is 14.8 Å². The SMILES string of the molecule is OC1CCCN(C2CCN(Cc3nc(-c4ccccn4)no3)CC2)C1. The zero-order chi connectivity index (χ0) is 17.1. The first-order valence-corrected chi connectivity index (χ1v) is 9.16. The molecule has 2 saturated heterocycles. The van der Waals surface area contributed by atoms with Crippen LogP contribution in [-0.4, -0.2) is 68.4 Å². The van der Waals surface area contributed by atoms with E-state index in [0.29, 0.717) is 24.3 Å². The summed E-state index contributed by atoms with van der Waals surface area (Å²) in [5.74, 6) is 1.19. The Morgan fingerprint density at radius 2 is 2.04 bits per heavy atom. The lowest BCUT2D eigenvalue weighted by molar-refractivity contribution is 0.0231. The zero-order valence-electron chi connectivity index (χ0n) is 14.4. The molecule has 1 N–H and O–H groups in total. The molecule has 1 atom stereocenters. The van der Waals surface area contributed by atoms with E-state index in [9.17, 15) is 5.11 Å². The smallest absolute Gasteiger partial charge is 0.241 e. The van der Waals surface area contributed by atoms with Gasteiger partial charge in [-0.25, -0.2) is 0 Å². The summed E-state index contributed by atoms with van der Waals surface area (Å²) in [7, 11) is 0. The Balaban J connectivity index is 1.30. The molecule has 0 aliphatic carbocycles. The van der Waals surface area contributed by atoms with Crippen LogP contribution in [-0.2, 0) is 6.54 Å². The van der Waals surface area contributed by atoms with Gasteiger partial charge in [-0.15, -0.1) is 0 Å². The predicted molar refractivity (Wildman–Crippen MR) is 92.6 cm³/mol. The second kappa shape index (κ2) is 7.59. The lowest BCUT2D eigenvalue weighted by Gasteiger charge is -2.41. The fraction of sp³-hybridized carbons (Fsp3) is 0.611. The summed E-state index contributed by atoms with van der Waals surface area (Å²) in [6, 6.07) is 6.27. The van der Waals surface area contributed by atoms with E-state index in [0.717, 1.165) is 57.6 Å². The second-order valence-electron chi connectivity index (χ2n) is 7.03. The van der Waals surface area contributed by atoms with E-state index in [1.807, 2.05) is 18.2 Å². The van der Waals surface area contributed by atoms with E-state index in [2.05, 4.69) is 24.9 Å². The number of hydrogen-bond donors (Lipinski definition) is 1. The Bertz CT molecular complexity index is 669. The topological polar surface area (TPSA) is 78.5 Å². The van der Waals surface area contributed by atoms with E-state index >= 15 is 0 Å². The average molecular weight is 343 g/mol. The molecule has 0 bridgehead atoms. The minimum absolute atomic E-state index is 0.143. The summed E-state index contributed by atoms with van der Waals surface area (Å²) in [6.07, 6.45) is 5.91. The van der Waals surface area contributed by atoms with Gasteiger partial charge in [-0.2, -0.15) is 4.98 Å². The molecule has 0 radical (unpaired) electrons. The van der Waals surface area contributed by atoms with Gasteiger partial charge in [-0.05, 0) is 44.4 Å². The highest BCUT2D eigenvalue weighted by Crippen LogP contribution is 2.22. The summed E-state index contributed by atoms with van der Waals surface area (Å²) in [4.78, 5) is 13.6. The molecule has 7 heteroatoms. The van der Waals surface area contributed by atoms with E-state index in [-0.39, 0.29) is 6.10 Å². The first-order valence-electron chi connectivity index (χ1n) is 9.16. The number of nitrogens with zero attached hydrogens (tertiary/aromatic N) is 5. The average Bonchev–Trinajstić information content (AvgIpc) is 3.12. The van der Waals surface area contributed by atoms with E-state index in [4.69, 9.17) is 4.52 Å². The zero-order valence-corrected chi connectivity index (χ0v) is 14.4. The standard InChI is InChI=1S/C18H25N5O2/c24-15-4-3-9-23(12-15)14-6-10-22(11-7-14)13-17-20-18(21-25-17)16-5-1-2-8-19-16/h1-2,5,8,14-15,24H,3-4,6-7,9-13H2. The molecule has 2 aliphatic heterocycles. The van der Waals surface area contributed by atoms with Crippen LogP contribution >= 0.6 is 0 Å². The molecule has 2 aromatic heterocycles. The Morgan fingerprint density at radius 1 is 1.16 bits per heavy atom. The molecule has 2 aromatic rings. The van der Waals surface area contributed by atoms with Gasteiger partial charge in [0.05, 0.1) is 12.6 Å². The van der Waals surface area contributed by atoms with E-state index < -0.39 is 0 Å². The molecule has 4 rings (SSSR count). The largest absolute Gasteiger partial charge is 0.392 e. The summed E-state index contributed by atoms with van der Waals surface area (Å²) >= 11 is 0. The number of piperidine rings is 2. The first-order chi connectivity index (χ1) is 12.3. The lowest BCUT2D eigenvalue weighted by Crippen LogP contribution is -2.49. The number of aliphatic hydroxyl groups excluding tert-OH is 1. The van der Waals surface area contributed by atoms with Crippen molar-refractivity contribution in [3.8, 4) is 11.5 Å². The molecule has 2 aliphatic rings. The van der Waals surface area contributed by atoms with E-state index in [1.54, 1.807) is 6.20 Å². The number of likely N-dealkylation sites (tertiary alicyclic amines) is 2. The number of pyridine rings is 1. The molecule has 4 heterocycles. The van der Waals surface area contributed by atoms with Gasteiger partial charge < -0.3 is 9.63 Å². The third kappa shape index (κ3) is 4.05. The quantitative estimate of drug-likeness (QED) is 0.902. The van der Waals surface area contributed by atoms with Crippen molar-refractivity contribution in [2.45, 2.75) is 44.4 Å². The molecule has 0 amide bonds. The number of rotatable bonds is 4. The van der Waals surface area contributed by atoms with Gasteiger partial charge >= 0.3 is 0 Å². The maximum atomic E-state index is 9.87. The molecule has 1 unspecified atom stereocenters. The molecular weight excluding hydrogens is 318 g/mol. The molecule has 134 valence electrons. The molecule has 0 spiro atoms. The minimum Gasteiger partial charge on any atom is -0.392 e. The number of aliphatic hydroxyl groups is 1. The summed E-state index contributed by atoms with van der Waals surface area (Å²) in [6.45, 7) is 4.70. The van der Waals surface area contributed by atoms with Crippen LogP contribution in [0.15, 0.2) is 28.9 Å². The normalized spacial score (nSPS) is 23.8. The molecular formula is C18H25N5O2. The van der Waals surface area contributed by atoms with Gasteiger partial charge in [0.1, 0.15) is 5.69 Å². The monoisotopic (exact) mass is 343 g/mol. The summed E-state index contributed by atoms with van der Waals surface area (Å²) in [5, 5.41) is 13.9. The van der Waals surface area contributed by atoms with Crippen molar-refractivity contribution in [3.63, 3.8) is 0 Å². The van der Waals surface area contributed by atoms with E-state index in [1.165, 1.54) is 0 Å². The predicted octanol–water partition coefficient (Wildman–Crippen LogP) is 1.55. The highest BCUT2D eigenvalue weighted by atomic mass is 16.5. The van der Waals surface area contributed by atoms with Crippen molar-refractivity contribution in [3.05, 3.63) is 30.3 Å². The van der Waals surface area contributed by atoms with Crippen LogP contribution in [0.25, 0.3) is 11.5 Å². The van der Waals surface area contributed by atoms with Crippen molar-refractivity contribution >= 4 is 0 Å². The Hall–Kier alpha value is -1.83. The Kier molecular flexibility index (Phi) is 5.05. The minimum atomic E-state index is -0.143. The van der Waals surface area contributed by atoms with Gasteiger partial charge in [0.2, 0.25) is 11.7 Å². The third-order valence-electron chi connectivity index (χ3n) is 5.22. The van der Waals surface area contributed by atoms with Crippen LogP contribution in [0.5, 0.6) is 0 Å². The van der Waals surface area contributed by atoms with Crippen LogP contribution in [0.1, 0.15) is 31.6 Å². The maximum absolute atomic E-state index is 9.87. The molecule has 2 fully saturated rings. The van der Waals surface area contributed by atoms with Gasteiger partial charge in [0, 0.05) is 31.9 Å². The molecule has 0 aromatic carbocycles. The van der Waals surface area contributed by atoms with Crippen molar-refractivity contribution in [1.29, 1.82) is 0 Å². The van der Waals surface area contributed by atoms with Crippen molar-refractivity contribution in [1.82, 2.24) is 24.9 Å². The highest BCUT2D eigenvalue weighted by molar-refractivity contribution is 5.46. The molecule has 25 heavy (non-hydrogen) atoms. The Labute approximate surface area is 147 Å².